The lowest BCUT2D eigenvalue weighted by Gasteiger charge is -2.32. The van der Waals surface area contributed by atoms with E-state index in [0.29, 0.717) is 6.42 Å². The fourth-order valence-corrected chi connectivity index (χ4v) is 2.29. The topological polar surface area (TPSA) is 57.6 Å². The molecule has 19 heavy (non-hydrogen) atoms. The molecule has 0 aromatic heterocycles. The first-order valence-corrected chi connectivity index (χ1v) is 6.26. The molecule has 0 fully saturated rings. The van der Waals surface area contributed by atoms with Crippen molar-refractivity contribution in [2.75, 3.05) is 11.4 Å². The highest BCUT2D eigenvalue weighted by Gasteiger charge is 2.31. The molecule has 1 aromatic rings. The van der Waals surface area contributed by atoms with Crippen LogP contribution in [0.25, 0.3) is 0 Å². The number of allylic oxidation sites excluding steroid dienone is 1. The van der Waals surface area contributed by atoms with Crippen LogP contribution in [0, 0.1) is 5.92 Å². The van der Waals surface area contributed by atoms with Gasteiger partial charge in [0.1, 0.15) is 0 Å². The van der Waals surface area contributed by atoms with Crippen LogP contribution >= 0.6 is 0 Å². The number of carbonyl (C=O) groups excluding carboxylic acids is 1. The first-order chi connectivity index (χ1) is 8.99. The number of anilines is 1. The number of amides is 1. The number of carboxylic acid groups (broad SMARTS) is 1. The van der Waals surface area contributed by atoms with E-state index in [1.165, 1.54) is 0 Å². The maximum atomic E-state index is 12.2. The Morgan fingerprint density at radius 3 is 2.63 bits per heavy atom. The van der Waals surface area contributed by atoms with Crippen molar-refractivity contribution in [2.45, 2.75) is 20.3 Å². The van der Waals surface area contributed by atoms with Gasteiger partial charge in [-0.25, -0.2) is 0 Å². The average Bonchev–Trinajstić information content (AvgIpc) is 2.36. The zero-order valence-corrected chi connectivity index (χ0v) is 11.1. The van der Waals surface area contributed by atoms with Crippen LogP contribution in [0.1, 0.15) is 19.4 Å². The van der Waals surface area contributed by atoms with Gasteiger partial charge in [0.25, 0.3) is 5.91 Å². The van der Waals surface area contributed by atoms with Crippen molar-refractivity contribution in [2.24, 2.45) is 5.92 Å². The predicted octanol–water partition coefficient (Wildman–Crippen LogP) is 2.24. The Morgan fingerprint density at radius 1 is 1.32 bits per heavy atom. The summed E-state index contributed by atoms with van der Waals surface area (Å²) in [4.78, 5) is 25.0. The van der Waals surface area contributed by atoms with Gasteiger partial charge >= 0.3 is 5.97 Å². The molecule has 1 aliphatic rings. The molecule has 0 spiro atoms. The molecule has 0 radical (unpaired) electrons. The van der Waals surface area contributed by atoms with E-state index in [2.05, 4.69) is 0 Å². The molecule has 0 saturated heterocycles. The molecule has 4 nitrogen and oxygen atoms in total. The summed E-state index contributed by atoms with van der Waals surface area (Å²) in [6.45, 7) is 3.93. The van der Waals surface area contributed by atoms with Crippen LogP contribution in [0.2, 0.25) is 0 Å². The van der Waals surface area contributed by atoms with Crippen LogP contribution in [0.5, 0.6) is 0 Å². The molecule has 2 rings (SSSR count). The van der Waals surface area contributed by atoms with E-state index in [1.807, 2.05) is 38.1 Å². The molecule has 1 aliphatic heterocycles. The van der Waals surface area contributed by atoms with Gasteiger partial charge < -0.3 is 10.0 Å². The van der Waals surface area contributed by atoms with Crippen LogP contribution in [0.15, 0.2) is 35.9 Å². The summed E-state index contributed by atoms with van der Waals surface area (Å²) in [6.07, 6.45) is 2.02. The van der Waals surface area contributed by atoms with Gasteiger partial charge in [0.15, 0.2) is 0 Å². The number of hydrogen-bond acceptors (Lipinski definition) is 2. The Morgan fingerprint density at radius 2 is 2.00 bits per heavy atom. The average molecular weight is 259 g/mol. The standard InChI is InChI=1S/C15H17NO3/c1-10(2)7-14(17)16-9-12(15(18)19)8-11-5-3-4-6-13(11)16/h3-7,12H,8-9H2,1-2H3,(H,18,19). The zero-order chi connectivity index (χ0) is 14.0. The van der Waals surface area contributed by atoms with Crippen molar-refractivity contribution < 1.29 is 14.7 Å². The maximum Gasteiger partial charge on any atom is 0.308 e. The van der Waals surface area contributed by atoms with Crippen molar-refractivity contribution in [1.82, 2.24) is 0 Å². The number of hydrogen-bond donors (Lipinski definition) is 1. The second-order valence-electron chi connectivity index (χ2n) is 5.04. The van der Waals surface area contributed by atoms with Crippen molar-refractivity contribution in [3.63, 3.8) is 0 Å². The monoisotopic (exact) mass is 259 g/mol. The third kappa shape index (κ3) is 2.84. The molecule has 1 N–H and O–H groups in total. The zero-order valence-electron chi connectivity index (χ0n) is 11.1. The second kappa shape index (κ2) is 5.26. The van der Waals surface area contributed by atoms with Crippen molar-refractivity contribution in [1.29, 1.82) is 0 Å². The van der Waals surface area contributed by atoms with Gasteiger partial charge in [0.05, 0.1) is 5.92 Å². The molecule has 4 heteroatoms. The predicted molar refractivity (Wildman–Crippen MR) is 73.1 cm³/mol. The molecule has 0 aliphatic carbocycles. The summed E-state index contributed by atoms with van der Waals surface area (Å²) in [6, 6.07) is 7.48. The van der Waals surface area contributed by atoms with Gasteiger partial charge in [0.2, 0.25) is 0 Å². The van der Waals surface area contributed by atoms with Crippen LogP contribution in [-0.2, 0) is 16.0 Å². The Balaban J connectivity index is 2.39. The summed E-state index contributed by atoms with van der Waals surface area (Å²) >= 11 is 0. The lowest BCUT2D eigenvalue weighted by Crippen LogP contribution is -2.42. The molecule has 1 aromatic carbocycles. The maximum absolute atomic E-state index is 12.2. The first kappa shape index (κ1) is 13.3. The summed E-state index contributed by atoms with van der Waals surface area (Å²) < 4.78 is 0. The highest BCUT2D eigenvalue weighted by molar-refractivity contribution is 6.03. The number of benzene rings is 1. The van der Waals surface area contributed by atoms with Crippen molar-refractivity contribution in [3.05, 3.63) is 41.5 Å². The summed E-state index contributed by atoms with van der Waals surface area (Å²) in [5.74, 6) is -1.55. The molecule has 0 bridgehead atoms. The number of aliphatic carboxylic acids is 1. The minimum Gasteiger partial charge on any atom is -0.481 e. The molecule has 1 heterocycles. The van der Waals surface area contributed by atoms with E-state index >= 15 is 0 Å². The summed E-state index contributed by atoms with van der Waals surface area (Å²) in [7, 11) is 0. The van der Waals surface area contributed by atoms with Crippen LogP contribution in [-0.4, -0.2) is 23.5 Å². The van der Waals surface area contributed by atoms with Crippen LogP contribution in [0.3, 0.4) is 0 Å². The summed E-state index contributed by atoms with van der Waals surface area (Å²) in [5, 5.41) is 9.19. The van der Waals surface area contributed by atoms with E-state index in [4.69, 9.17) is 0 Å². The fourth-order valence-electron chi connectivity index (χ4n) is 2.29. The minimum atomic E-state index is -0.857. The van der Waals surface area contributed by atoms with Gasteiger partial charge in [0, 0.05) is 18.3 Å². The van der Waals surface area contributed by atoms with Gasteiger partial charge in [-0.1, -0.05) is 23.8 Å². The lowest BCUT2D eigenvalue weighted by atomic mass is 9.92. The van der Waals surface area contributed by atoms with Crippen molar-refractivity contribution in [3.8, 4) is 0 Å². The third-order valence-corrected chi connectivity index (χ3v) is 3.18. The minimum absolute atomic E-state index is 0.154. The number of rotatable bonds is 2. The molecular formula is C15H17NO3. The second-order valence-corrected chi connectivity index (χ2v) is 5.04. The van der Waals surface area contributed by atoms with Crippen LogP contribution in [0.4, 0.5) is 5.69 Å². The number of carbonyl (C=O) groups is 2. The first-order valence-electron chi connectivity index (χ1n) is 6.26. The smallest absolute Gasteiger partial charge is 0.308 e. The molecule has 100 valence electrons. The Kier molecular flexibility index (Phi) is 3.69. The van der Waals surface area contributed by atoms with Gasteiger partial charge in [-0.2, -0.15) is 0 Å². The van der Waals surface area contributed by atoms with E-state index < -0.39 is 11.9 Å². The highest BCUT2D eigenvalue weighted by Crippen LogP contribution is 2.30. The van der Waals surface area contributed by atoms with Gasteiger partial charge in [-0.3, -0.25) is 9.59 Å². The number of carboxylic acids is 1. The molecular weight excluding hydrogens is 242 g/mol. The highest BCUT2D eigenvalue weighted by atomic mass is 16.4. The quantitative estimate of drug-likeness (QED) is 0.829. The number of para-hydroxylation sites is 1. The Hall–Kier alpha value is -2.10. The van der Waals surface area contributed by atoms with E-state index in [0.717, 1.165) is 16.8 Å². The van der Waals surface area contributed by atoms with E-state index in [9.17, 15) is 14.7 Å². The molecule has 0 saturated carbocycles. The normalized spacial score (nSPS) is 17.6. The summed E-state index contributed by atoms with van der Waals surface area (Å²) in [5.41, 5.74) is 2.64. The van der Waals surface area contributed by atoms with Crippen LogP contribution < -0.4 is 4.90 Å². The van der Waals surface area contributed by atoms with Gasteiger partial charge in [-0.15, -0.1) is 0 Å². The van der Waals surface area contributed by atoms with Gasteiger partial charge in [-0.05, 0) is 31.9 Å². The van der Waals surface area contributed by atoms with E-state index in [1.54, 1.807) is 11.0 Å². The Bertz CT molecular complexity index is 544. The number of nitrogens with zero attached hydrogens (tertiary/aromatic N) is 1. The molecule has 1 unspecified atom stereocenters. The largest absolute Gasteiger partial charge is 0.481 e. The Labute approximate surface area is 112 Å². The molecule has 1 atom stereocenters. The molecule has 1 amide bonds. The number of fused-ring (bicyclic) bond motifs is 1. The third-order valence-electron chi connectivity index (χ3n) is 3.18. The lowest BCUT2D eigenvalue weighted by molar-refractivity contribution is -0.141. The van der Waals surface area contributed by atoms with Crippen molar-refractivity contribution >= 4 is 17.6 Å². The SMILES string of the molecule is CC(C)=CC(=O)N1CC(C(=O)O)Cc2ccccc21. The fraction of sp³-hybridized carbons (Fsp3) is 0.333. The van der Waals surface area contributed by atoms with E-state index in [-0.39, 0.29) is 12.5 Å².